The number of carbonyl (C=O) groups is 3. The second kappa shape index (κ2) is 14.1. The largest absolute Gasteiger partial charge is 0.512 e. The lowest BCUT2D eigenvalue weighted by atomic mass is 9.65. The van der Waals surface area contributed by atoms with E-state index < -0.39 is 40.7 Å². The predicted octanol–water partition coefficient (Wildman–Crippen LogP) is 3.06. The second-order valence-corrected chi connectivity index (χ2v) is 9.36. The SMILES string of the molecule is CCN.CCc1ccc(C[C@@H]2C=C(O)[C@](O)(C(C)=O)[C@H]([C@H](CC)/C(O)=C/C(=O)CN)C2)c(C(C)=O)c1O. The van der Waals surface area contributed by atoms with Crippen molar-refractivity contribution in [2.45, 2.75) is 65.9 Å². The van der Waals surface area contributed by atoms with Gasteiger partial charge in [-0.05, 0) is 69.2 Å². The molecule has 0 unspecified atom stereocenters. The van der Waals surface area contributed by atoms with E-state index in [9.17, 15) is 34.8 Å². The van der Waals surface area contributed by atoms with Gasteiger partial charge in [0.2, 0.25) is 0 Å². The van der Waals surface area contributed by atoms with Crippen molar-refractivity contribution in [1.82, 2.24) is 0 Å². The first-order valence-corrected chi connectivity index (χ1v) is 12.7. The Hall–Kier alpha value is -3.01. The molecule has 0 fully saturated rings. The molecule has 0 aromatic heterocycles. The van der Waals surface area contributed by atoms with Crippen LogP contribution in [0.1, 0.15) is 68.9 Å². The van der Waals surface area contributed by atoms with Crippen LogP contribution >= 0.6 is 0 Å². The van der Waals surface area contributed by atoms with Crippen molar-refractivity contribution in [3.63, 3.8) is 0 Å². The Morgan fingerprint density at radius 3 is 2.14 bits per heavy atom. The Kier molecular flexibility index (Phi) is 12.2. The molecule has 1 aromatic rings. The van der Waals surface area contributed by atoms with Crippen molar-refractivity contribution in [2.24, 2.45) is 29.2 Å². The van der Waals surface area contributed by atoms with Crippen LogP contribution in [-0.2, 0) is 22.4 Å². The summed E-state index contributed by atoms with van der Waals surface area (Å²) in [5, 5.41) is 43.2. The minimum Gasteiger partial charge on any atom is -0.512 e. The summed E-state index contributed by atoms with van der Waals surface area (Å²) in [6.07, 6.45) is 3.66. The van der Waals surface area contributed by atoms with Crippen LogP contribution in [-0.4, -0.2) is 56.5 Å². The number of phenols is 1. The number of aryl methyl sites for hydroxylation is 1. The van der Waals surface area contributed by atoms with Crippen LogP contribution in [0.5, 0.6) is 5.75 Å². The number of hydrogen-bond donors (Lipinski definition) is 6. The van der Waals surface area contributed by atoms with Crippen LogP contribution in [0.25, 0.3) is 0 Å². The van der Waals surface area contributed by atoms with Gasteiger partial charge in [0.15, 0.2) is 23.0 Å². The van der Waals surface area contributed by atoms with E-state index in [2.05, 4.69) is 0 Å². The fraction of sp³-hybridized carbons (Fsp3) is 0.536. The summed E-state index contributed by atoms with van der Waals surface area (Å²) in [5.41, 5.74) is 9.38. The molecule has 9 nitrogen and oxygen atoms in total. The molecule has 8 N–H and O–H groups in total. The first-order valence-electron chi connectivity index (χ1n) is 12.7. The molecule has 206 valence electrons. The van der Waals surface area contributed by atoms with Gasteiger partial charge >= 0.3 is 0 Å². The smallest absolute Gasteiger partial charge is 0.182 e. The Morgan fingerprint density at radius 1 is 1.11 bits per heavy atom. The minimum absolute atomic E-state index is 0.0689. The summed E-state index contributed by atoms with van der Waals surface area (Å²) in [5.74, 6) is -4.55. The van der Waals surface area contributed by atoms with Crippen molar-refractivity contribution in [3.8, 4) is 5.75 Å². The zero-order valence-corrected chi connectivity index (χ0v) is 22.5. The number of benzene rings is 1. The molecule has 37 heavy (non-hydrogen) atoms. The van der Waals surface area contributed by atoms with E-state index in [1.54, 1.807) is 19.1 Å². The Morgan fingerprint density at radius 2 is 1.68 bits per heavy atom. The van der Waals surface area contributed by atoms with Crippen LogP contribution in [0, 0.1) is 17.8 Å². The Balaban J connectivity index is 0.00000217. The van der Waals surface area contributed by atoms with Gasteiger partial charge in [0.05, 0.1) is 17.9 Å². The van der Waals surface area contributed by atoms with E-state index in [1.165, 1.54) is 13.0 Å². The number of allylic oxidation sites excluding steroid dienone is 2. The van der Waals surface area contributed by atoms with Gasteiger partial charge in [0, 0.05) is 17.9 Å². The summed E-state index contributed by atoms with van der Waals surface area (Å²) >= 11 is 0. The maximum absolute atomic E-state index is 12.5. The molecule has 9 heteroatoms. The molecule has 0 bridgehead atoms. The number of aliphatic hydroxyl groups excluding tert-OH is 2. The number of Topliss-reactive ketones (excluding diaryl/α,β-unsaturated/α-hetero) is 2. The van der Waals surface area contributed by atoms with Gasteiger partial charge in [-0.2, -0.15) is 0 Å². The van der Waals surface area contributed by atoms with E-state index in [-0.39, 0.29) is 48.7 Å². The lowest BCUT2D eigenvalue weighted by Gasteiger charge is -2.43. The lowest BCUT2D eigenvalue weighted by Crippen LogP contribution is -2.52. The maximum Gasteiger partial charge on any atom is 0.182 e. The third-order valence-electron chi connectivity index (χ3n) is 6.79. The highest BCUT2D eigenvalue weighted by molar-refractivity contribution is 5.98. The molecule has 0 saturated heterocycles. The average Bonchev–Trinajstić information content (AvgIpc) is 2.82. The van der Waals surface area contributed by atoms with Gasteiger partial charge in [0.1, 0.15) is 11.5 Å². The first-order chi connectivity index (χ1) is 17.3. The predicted molar refractivity (Wildman–Crippen MR) is 142 cm³/mol. The summed E-state index contributed by atoms with van der Waals surface area (Å²) in [7, 11) is 0. The number of aromatic hydroxyl groups is 1. The number of ketones is 3. The molecule has 0 heterocycles. The van der Waals surface area contributed by atoms with Crippen LogP contribution in [0.3, 0.4) is 0 Å². The highest BCUT2D eigenvalue weighted by atomic mass is 16.3. The Labute approximate surface area is 218 Å². The molecule has 1 aliphatic rings. The third-order valence-corrected chi connectivity index (χ3v) is 6.79. The fourth-order valence-corrected chi connectivity index (χ4v) is 4.98. The number of phenolic OH excluding ortho intramolecular Hbond substituents is 1. The van der Waals surface area contributed by atoms with Gasteiger partial charge in [-0.25, -0.2) is 0 Å². The molecular formula is C28H42N2O7. The van der Waals surface area contributed by atoms with Crippen molar-refractivity contribution in [1.29, 1.82) is 0 Å². The number of nitrogens with two attached hydrogens (primary N) is 2. The number of rotatable bonds is 10. The van der Waals surface area contributed by atoms with E-state index in [0.29, 0.717) is 17.5 Å². The van der Waals surface area contributed by atoms with E-state index in [0.717, 1.165) is 19.5 Å². The summed E-state index contributed by atoms with van der Waals surface area (Å²) in [6, 6.07) is 3.50. The van der Waals surface area contributed by atoms with Gasteiger partial charge in [-0.3, -0.25) is 14.4 Å². The lowest BCUT2D eigenvalue weighted by molar-refractivity contribution is -0.144. The summed E-state index contributed by atoms with van der Waals surface area (Å²) in [4.78, 5) is 36.5. The number of aliphatic hydroxyl groups is 3. The zero-order valence-electron chi connectivity index (χ0n) is 22.5. The van der Waals surface area contributed by atoms with Gasteiger partial charge < -0.3 is 31.9 Å². The molecule has 0 saturated carbocycles. The quantitative estimate of drug-likeness (QED) is 0.154. The first kappa shape index (κ1) is 32.0. The van der Waals surface area contributed by atoms with Crippen molar-refractivity contribution in [3.05, 3.63) is 52.5 Å². The zero-order chi connectivity index (χ0) is 28.5. The monoisotopic (exact) mass is 518 g/mol. The van der Waals surface area contributed by atoms with E-state index >= 15 is 0 Å². The summed E-state index contributed by atoms with van der Waals surface area (Å²) < 4.78 is 0. The topological polar surface area (TPSA) is 184 Å². The molecule has 0 amide bonds. The third kappa shape index (κ3) is 7.28. The molecular weight excluding hydrogens is 476 g/mol. The fourth-order valence-electron chi connectivity index (χ4n) is 4.98. The van der Waals surface area contributed by atoms with Crippen LogP contribution in [0.4, 0.5) is 0 Å². The normalized spacial score (nSPS) is 22.4. The molecule has 1 aliphatic carbocycles. The molecule has 1 aromatic carbocycles. The standard InChI is InChI=1S/C26H35NO7.C2H7N/c1-5-17-7-8-18(24(14(3)28)25(17)33)9-16-10-21(26(34,15(4)29)23(32)11-16)20(6-2)22(31)12-19(30)13-27;1-2-3/h7-8,11-12,16,20-21,31-34H,5-6,9-10,13,27H2,1-4H3;2-3H2,1H3/b22-12-;/t16-,20-,21-,26-;/m0./s1. The molecule has 2 rings (SSSR count). The highest BCUT2D eigenvalue weighted by Gasteiger charge is 2.52. The van der Waals surface area contributed by atoms with Gasteiger partial charge in [0.25, 0.3) is 0 Å². The van der Waals surface area contributed by atoms with Crippen LogP contribution in [0.15, 0.2) is 35.8 Å². The van der Waals surface area contributed by atoms with Crippen LogP contribution < -0.4 is 11.5 Å². The number of hydrogen-bond acceptors (Lipinski definition) is 9. The van der Waals surface area contributed by atoms with Gasteiger partial charge in [-0.15, -0.1) is 0 Å². The van der Waals surface area contributed by atoms with Crippen molar-refractivity contribution < 1.29 is 34.8 Å². The van der Waals surface area contributed by atoms with Crippen molar-refractivity contribution in [2.75, 3.05) is 13.1 Å². The van der Waals surface area contributed by atoms with E-state index in [4.69, 9.17) is 11.5 Å². The molecule has 0 aliphatic heterocycles. The van der Waals surface area contributed by atoms with Gasteiger partial charge in [-0.1, -0.05) is 32.9 Å². The average molecular weight is 519 g/mol. The summed E-state index contributed by atoms with van der Waals surface area (Å²) in [6.45, 7) is 8.48. The Bertz CT molecular complexity index is 1050. The van der Waals surface area contributed by atoms with Crippen LogP contribution in [0.2, 0.25) is 0 Å². The number of carbonyl (C=O) groups excluding carboxylic acids is 3. The van der Waals surface area contributed by atoms with E-state index in [1.807, 2.05) is 13.8 Å². The molecule has 0 spiro atoms. The molecule has 4 atom stereocenters. The highest BCUT2D eigenvalue weighted by Crippen LogP contribution is 2.45. The molecule has 0 radical (unpaired) electrons. The maximum atomic E-state index is 12.5. The van der Waals surface area contributed by atoms with Crippen molar-refractivity contribution >= 4 is 17.3 Å². The minimum atomic E-state index is -2.23. The second-order valence-electron chi connectivity index (χ2n) is 9.36.